The van der Waals surface area contributed by atoms with E-state index in [2.05, 4.69) is 38.7 Å². The number of hydrogen-bond acceptors (Lipinski definition) is 4. The Hall–Kier alpha value is -1.88. The summed E-state index contributed by atoms with van der Waals surface area (Å²) in [4.78, 5) is 8.68. The summed E-state index contributed by atoms with van der Waals surface area (Å²) in [6.07, 6.45) is 2.05. The van der Waals surface area contributed by atoms with E-state index in [1.165, 1.54) is 12.0 Å². The normalized spacial score (nSPS) is 11.3. The molecule has 0 saturated heterocycles. The molecule has 0 spiro atoms. The summed E-state index contributed by atoms with van der Waals surface area (Å²) in [5, 5.41) is 3.85. The van der Waals surface area contributed by atoms with Crippen LogP contribution in [0.4, 0.5) is 0 Å². The maximum Gasteiger partial charge on any atom is 0.213 e. The molecular weight excluding hydrogens is 264 g/mol. The topological polar surface area (TPSA) is 56.7 Å². The van der Waals surface area contributed by atoms with E-state index >= 15 is 0 Å². The Kier molecular flexibility index (Phi) is 3.21. The summed E-state index contributed by atoms with van der Waals surface area (Å²) in [6.45, 7) is 2.61. The van der Waals surface area contributed by atoms with Crippen LogP contribution in [0, 0.1) is 6.92 Å². The second kappa shape index (κ2) is 5.01. The zero-order valence-electron chi connectivity index (χ0n) is 10.5. The molecule has 19 heavy (non-hydrogen) atoms. The van der Waals surface area contributed by atoms with Gasteiger partial charge in [-0.25, -0.2) is 4.98 Å². The third-order valence-corrected chi connectivity index (χ3v) is 3.20. The van der Waals surface area contributed by atoms with Crippen molar-refractivity contribution in [1.29, 1.82) is 0 Å². The van der Waals surface area contributed by atoms with Gasteiger partial charge in [-0.15, -0.1) is 11.6 Å². The van der Waals surface area contributed by atoms with Gasteiger partial charge in [0.15, 0.2) is 5.82 Å². The molecule has 6 heteroatoms. The van der Waals surface area contributed by atoms with E-state index in [0.29, 0.717) is 24.7 Å². The van der Waals surface area contributed by atoms with Crippen molar-refractivity contribution in [3.05, 3.63) is 41.8 Å². The molecule has 3 aromatic rings. The number of aromatic nitrogens is 4. The van der Waals surface area contributed by atoms with Gasteiger partial charge in [-0.1, -0.05) is 11.2 Å². The van der Waals surface area contributed by atoms with Crippen molar-refractivity contribution in [1.82, 2.24) is 19.7 Å². The number of imidazole rings is 1. The van der Waals surface area contributed by atoms with Crippen molar-refractivity contribution in [2.45, 2.75) is 19.9 Å². The standard InChI is InChI=1S/C13H13ClN4O/c1-9-2-3-10-11(6-9)18(13(16-10)4-5-14)7-12-15-8-19-17-12/h2-3,6,8H,4-5,7H2,1H3. The van der Waals surface area contributed by atoms with E-state index in [1.807, 2.05) is 6.07 Å². The highest BCUT2D eigenvalue weighted by Gasteiger charge is 2.12. The number of rotatable bonds is 4. The van der Waals surface area contributed by atoms with Gasteiger partial charge in [0.05, 0.1) is 17.6 Å². The number of aryl methyl sites for hydroxylation is 2. The highest BCUT2D eigenvalue weighted by Crippen LogP contribution is 2.19. The second-order valence-corrected chi connectivity index (χ2v) is 4.77. The van der Waals surface area contributed by atoms with E-state index in [0.717, 1.165) is 16.9 Å². The first-order chi connectivity index (χ1) is 9.28. The summed E-state index contributed by atoms with van der Waals surface area (Å²) in [5.41, 5.74) is 3.23. The van der Waals surface area contributed by atoms with Gasteiger partial charge in [0, 0.05) is 12.3 Å². The van der Waals surface area contributed by atoms with Crippen LogP contribution in [0.1, 0.15) is 17.2 Å². The van der Waals surface area contributed by atoms with Crippen LogP contribution < -0.4 is 0 Å². The Bertz CT molecular complexity index is 690. The Morgan fingerprint density at radius 2 is 2.26 bits per heavy atom. The number of halogens is 1. The van der Waals surface area contributed by atoms with E-state index < -0.39 is 0 Å². The number of fused-ring (bicyclic) bond motifs is 1. The van der Waals surface area contributed by atoms with Gasteiger partial charge in [-0.05, 0) is 24.6 Å². The Morgan fingerprint density at radius 3 is 3.00 bits per heavy atom. The molecule has 98 valence electrons. The lowest BCUT2D eigenvalue weighted by atomic mass is 10.2. The summed E-state index contributed by atoms with van der Waals surface area (Å²) < 4.78 is 6.87. The minimum atomic E-state index is 0.536. The lowest BCUT2D eigenvalue weighted by Gasteiger charge is -2.05. The molecule has 5 nitrogen and oxygen atoms in total. The van der Waals surface area contributed by atoms with Crippen LogP contribution in [0.25, 0.3) is 11.0 Å². The molecule has 1 aromatic carbocycles. The van der Waals surface area contributed by atoms with Crippen molar-refractivity contribution in [2.24, 2.45) is 0 Å². The fourth-order valence-electron chi connectivity index (χ4n) is 2.14. The minimum absolute atomic E-state index is 0.536. The van der Waals surface area contributed by atoms with Gasteiger partial charge in [0.1, 0.15) is 5.82 Å². The quantitative estimate of drug-likeness (QED) is 0.687. The van der Waals surface area contributed by atoms with Crippen molar-refractivity contribution >= 4 is 22.6 Å². The zero-order chi connectivity index (χ0) is 13.2. The summed E-state index contributed by atoms with van der Waals surface area (Å²) >= 11 is 5.85. The maximum atomic E-state index is 5.85. The zero-order valence-corrected chi connectivity index (χ0v) is 11.3. The van der Waals surface area contributed by atoms with Crippen LogP contribution in [-0.4, -0.2) is 25.6 Å². The number of hydrogen-bond donors (Lipinski definition) is 0. The Labute approximate surface area is 115 Å². The van der Waals surface area contributed by atoms with Crippen molar-refractivity contribution in [3.63, 3.8) is 0 Å². The van der Waals surface area contributed by atoms with E-state index in [-0.39, 0.29) is 0 Å². The monoisotopic (exact) mass is 276 g/mol. The van der Waals surface area contributed by atoms with Gasteiger partial charge in [-0.3, -0.25) is 0 Å². The molecule has 0 saturated carbocycles. The van der Waals surface area contributed by atoms with Crippen molar-refractivity contribution in [2.75, 3.05) is 5.88 Å². The van der Waals surface area contributed by atoms with Crippen LogP contribution in [0.3, 0.4) is 0 Å². The lowest BCUT2D eigenvalue weighted by molar-refractivity contribution is 0.408. The van der Waals surface area contributed by atoms with E-state index in [9.17, 15) is 0 Å². The minimum Gasteiger partial charge on any atom is -0.343 e. The predicted molar refractivity (Wildman–Crippen MR) is 72.3 cm³/mol. The largest absolute Gasteiger partial charge is 0.343 e. The molecule has 0 aliphatic rings. The van der Waals surface area contributed by atoms with Crippen LogP contribution in [0.5, 0.6) is 0 Å². The van der Waals surface area contributed by atoms with Crippen LogP contribution >= 0.6 is 11.6 Å². The lowest BCUT2D eigenvalue weighted by Crippen LogP contribution is -2.07. The third-order valence-electron chi connectivity index (χ3n) is 3.01. The predicted octanol–water partition coefficient (Wildman–Crippen LogP) is 2.56. The molecule has 0 fully saturated rings. The maximum absolute atomic E-state index is 5.85. The fourth-order valence-corrected chi connectivity index (χ4v) is 2.31. The number of alkyl halides is 1. The highest BCUT2D eigenvalue weighted by atomic mass is 35.5. The molecule has 0 N–H and O–H groups in total. The van der Waals surface area contributed by atoms with E-state index in [1.54, 1.807) is 0 Å². The van der Waals surface area contributed by atoms with Crippen LogP contribution in [0.2, 0.25) is 0 Å². The number of benzene rings is 1. The Morgan fingerprint density at radius 1 is 1.37 bits per heavy atom. The third kappa shape index (κ3) is 2.33. The molecule has 0 aliphatic carbocycles. The summed E-state index contributed by atoms with van der Waals surface area (Å²) in [5.74, 6) is 2.12. The smallest absolute Gasteiger partial charge is 0.213 e. The Balaban J connectivity index is 2.12. The molecule has 0 amide bonds. The average molecular weight is 277 g/mol. The van der Waals surface area contributed by atoms with Gasteiger partial charge < -0.3 is 9.09 Å². The second-order valence-electron chi connectivity index (χ2n) is 4.39. The average Bonchev–Trinajstić information content (AvgIpc) is 3.00. The molecule has 3 rings (SSSR count). The van der Waals surface area contributed by atoms with Crippen LogP contribution in [-0.2, 0) is 13.0 Å². The number of nitrogens with zero attached hydrogens (tertiary/aromatic N) is 4. The fraction of sp³-hybridized carbons (Fsp3) is 0.308. The molecule has 0 bridgehead atoms. The first kappa shape index (κ1) is 12.2. The summed E-state index contributed by atoms with van der Waals surface area (Å²) in [7, 11) is 0. The first-order valence-corrected chi connectivity index (χ1v) is 6.58. The molecule has 0 unspecified atom stereocenters. The summed E-state index contributed by atoms with van der Waals surface area (Å²) in [6, 6.07) is 6.19. The molecule has 0 aliphatic heterocycles. The highest BCUT2D eigenvalue weighted by molar-refractivity contribution is 6.17. The first-order valence-electron chi connectivity index (χ1n) is 6.05. The molecule has 0 radical (unpaired) electrons. The van der Waals surface area contributed by atoms with Gasteiger partial charge in [-0.2, -0.15) is 4.98 Å². The van der Waals surface area contributed by atoms with Crippen LogP contribution in [0.15, 0.2) is 29.1 Å². The molecule has 2 aromatic heterocycles. The van der Waals surface area contributed by atoms with Gasteiger partial charge in [0.2, 0.25) is 6.39 Å². The molecular formula is C13H13ClN4O. The SMILES string of the molecule is Cc1ccc2nc(CCCl)n(Cc3ncon3)c2c1. The van der Waals surface area contributed by atoms with E-state index in [4.69, 9.17) is 16.1 Å². The van der Waals surface area contributed by atoms with Crippen molar-refractivity contribution < 1.29 is 4.52 Å². The van der Waals surface area contributed by atoms with Crippen molar-refractivity contribution in [3.8, 4) is 0 Å². The van der Waals surface area contributed by atoms with Gasteiger partial charge in [0.25, 0.3) is 0 Å². The molecule has 0 atom stereocenters. The van der Waals surface area contributed by atoms with Gasteiger partial charge >= 0.3 is 0 Å². The molecule has 2 heterocycles.